The maximum Gasteiger partial charge on any atom is 0 e. The minimum absolute atomic E-state index is 0. The van der Waals surface area contributed by atoms with Crippen molar-refractivity contribution in [2.24, 2.45) is 0 Å². The molecule has 1 aliphatic rings. The van der Waals surface area contributed by atoms with Crippen molar-refractivity contribution in [1.82, 2.24) is 0 Å². The molecule has 1 aromatic carbocycles. The van der Waals surface area contributed by atoms with Gasteiger partial charge in [0.2, 0.25) is 0 Å². The third-order valence-corrected chi connectivity index (χ3v) is 1.19. The fraction of sp³-hybridized carbons (Fsp3) is 0.0714. The molecule has 16 heavy (non-hydrogen) atoms. The zero-order chi connectivity index (χ0) is 7.78. The standard InChI is InChI=1S/C6H5.C5H5.3CH3.Pt.H3Si/c1-2-4-6-5-3-1;1-2-4-5-3-1;;;;;/h1-5H;1-3H,4H2;3*1H3;;1H3/q5*-1;;. The Hall–Kier alpha value is -0.395. The van der Waals surface area contributed by atoms with Crippen LogP contribution in [0.5, 0.6) is 0 Å². The molecule has 2 heteroatoms. The van der Waals surface area contributed by atoms with E-state index >= 15 is 0 Å². The van der Waals surface area contributed by atoms with Crippen LogP contribution in [0.25, 0.3) is 0 Å². The van der Waals surface area contributed by atoms with Gasteiger partial charge in [-0.05, 0) is 11.0 Å². The van der Waals surface area contributed by atoms with Crippen molar-refractivity contribution in [3.63, 3.8) is 0 Å². The van der Waals surface area contributed by atoms with Gasteiger partial charge in [-0.3, -0.25) is 6.08 Å². The van der Waals surface area contributed by atoms with Gasteiger partial charge in [-0.1, -0.05) is 0 Å². The molecule has 0 amide bonds. The number of hydrogen-bond donors (Lipinski definition) is 0. The van der Waals surface area contributed by atoms with Crippen molar-refractivity contribution in [3.8, 4) is 0 Å². The Morgan fingerprint density at radius 3 is 1.56 bits per heavy atom. The van der Waals surface area contributed by atoms with E-state index in [4.69, 9.17) is 0 Å². The van der Waals surface area contributed by atoms with E-state index in [2.05, 4.69) is 18.2 Å². The van der Waals surface area contributed by atoms with Crippen molar-refractivity contribution in [3.05, 3.63) is 83.0 Å². The minimum atomic E-state index is 0. The Bertz CT molecular complexity index is 193. The van der Waals surface area contributed by atoms with E-state index < -0.39 is 0 Å². The summed E-state index contributed by atoms with van der Waals surface area (Å²) in [7, 11) is 0. The quantitative estimate of drug-likeness (QED) is 0.453. The number of benzene rings is 1. The van der Waals surface area contributed by atoms with Gasteiger partial charge in [0, 0.05) is 21.1 Å². The van der Waals surface area contributed by atoms with Crippen LogP contribution in [0.3, 0.4) is 0 Å². The molecule has 2 rings (SSSR count). The van der Waals surface area contributed by atoms with E-state index in [9.17, 15) is 0 Å². The minimum Gasteiger partial charge on any atom is -0.358 e. The Labute approximate surface area is 121 Å². The van der Waals surface area contributed by atoms with Crippen molar-refractivity contribution in [1.29, 1.82) is 0 Å². The van der Waals surface area contributed by atoms with E-state index in [0.717, 1.165) is 6.42 Å². The van der Waals surface area contributed by atoms with Gasteiger partial charge < -0.3 is 22.3 Å². The average molecular weight is 413 g/mol. The first-order chi connectivity index (χ1) is 5.50. The summed E-state index contributed by atoms with van der Waals surface area (Å²) in [6, 6.07) is 12.5. The van der Waals surface area contributed by atoms with Crippen LogP contribution in [-0.4, -0.2) is 11.0 Å². The first-order valence-corrected chi connectivity index (χ1v) is 3.63. The normalized spacial score (nSPS) is 8.50. The second-order valence-electron chi connectivity index (χ2n) is 2.08. The molecule has 0 unspecified atom stereocenters. The van der Waals surface area contributed by atoms with E-state index in [-0.39, 0.29) is 54.3 Å². The SMILES string of the molecule is [C-]1=CC=CC1.[CH3-].[CH3-].[CH3-].[Pt].[SiH3].[c-]1ccccc1. The van der Waals surface area contributed by atoms with Crippen LogP contribution in [0.4, 0.5) is 0 Å². The summed E-state index contributed by atoms with van der Waals surface area (Å²) >= 11 is 0. The fourth-order valence-electron chi connectivity index (χ4n) is 0.682. The molecule has 0 N–H and O–H groups in total. The van der Waals surface area contributed by atoms with E-state index in [0.29, 0.717) is 0 Å². The molecule has 0 heterocycles. The molecule has 0 nitrogen and oxygen atoms in total. The molecule has 0 fully saturated rings. The van der Waals surface area contributed by atoms with E-state index in [1.807, 2.05) is 42.5 Å². The van der Waals surface area contributed by atoms with Crippen LogP contribution in [-0.2, 0) is 21.1 Å². The zero-order valence-electron chi connectivity index (χ0n) is 10.6. The zero-order valence-corrected chi connectivity index (χ0v) is 14.9. The molecule has 0 spiro atoms. The van der Waals surface area contributed by atoms with Crippen molar-refractivity contribution in [2.45, 2.75) is 6.42 Å². The number of hydrogen-bond acceptors (Lipinski definition) is 0. The van der Waals surface area contributed by atoms with Gasteiger partial charge >= 0.3 is 0 Å². The fourth-order valence-corrected chi connectivity index (χ4v) is 0.682. The summed E-state index contributed by atoms with van der Waals surface area (Å²) in [6.45, 7) is 0. The molecule has 1 aliphatic carbocycles. The summed E-state index contributed by atoms with van der Waals surface area (Å²) in [6.07, 6.45) is 10.0. The second kappa shape index (κ2) is 24.0. The summed E-state index contributed by atoms with van der Waals surface area (Å²) in [5.74, 6) is 0. The monoisotopic (exact) mass is 413 g/mol. The van der Waals surface area contributed by atoms with Crippen LogP contribution in [0.15, 0.2) is 48.6 Å². The summed E-state index contributed by atoms with van der Waals surface area (Å²) in [4.78, 5) is 0. The predicted molar refractivity (Wildman–Crippen MR) is 76.0 cm³/mol. The molecule has 1 aromatic rings. The maximum absolute atomic E-state index is 2.99. The van der Waals surface area contributed by atoms with Gasteiger partial charge in [0.1, 0.15) is 0 Å². The molecule has 0 saturated heterocycles. The third-order valence-electron chi connectivity index (χ3n) is 1.19. The predicted octanol–water partition coefficient (Wildman–Crippen LogP) is 2.96. The molecule has 0 atom stereocenters. The van der Waals surface area contributed by atoms with Crippen molar-refractivity contribution in [2.75, 3.05) is 0 Å². The molecule has 0 aromatic heterocycles. The van der Waals surface area contributed by atoms with Crippen LogP contribution < -0.4 is 0 Å². The van der Waals surface area contributed by atoms with Crippen LogP contribution in [0.1, 0.15) is 6.42 Å². The molecular weight excluding hydrogens is 391 g/mol. The average Bonchev–Trinajstić information content (AvgIpc) is 2.64. The second-order valence-corrected chi connectivity index (χ2v) is 2.08. The summed E-state index contributed by atoms with van der Waals surface area (Å²) in [5, 5.41) is 0. The Morgan fingerprint density at radius 1 is 0.875 bits per heavy atom. The summed E-state index contributed by atoms with van der Waals surface area (Å²) < 4.78 is 0. The Morgan fingerprint density at radius 2 is 1.44 bits per heavy atom. The van der Waals surface area contributed by atoms with Gasteiger partial charge in [-0.2, -0.15) is 42.5 Å². The first kappa shape index (κ1) is 29.6. The van der Waals surface area contributed by atoms with Crippen molar-refractivity contribution >= 4 is 11.0 Å². The number of rotatable bonds is 0. The summed E-state index contributed by atoms with van der Waals surface area (Å²) in [5.41, 5.74) is 0. The smallest absolute Gasteiger partial charge is 0 e. The van der Waals surface area contributed by atoms with Gasteiger partial charge in [0.25, 0.3) is 0 Å². The van der Waals surface area contributed by atoms with Crippen LogP contribution >= 0.6 is 0 Å². The molecule has 0 saturated carbocycles. The van der Waals surface area contributed by atoms with Gasteiger partial charge in [-0.15, -0.1) is 6.42 Å². The molecule has 0 bridgehead atoms. The van der Waals surface area contributed by atoms with E-state index in [1.54, 1.807) is 0 Å². The van der Waals surface area contributed by atoms with Crippen molar-refractivity contribution < 1.29 is 21.1 Å². The molecule has 97 valence electrons. The Kier molecular flexibility index (Phi) is 44.5. The molecule has 1 radical (unpaired) electrons. The molecule has 0 aliphatic heterocycles. The largest absolute Gasteiger partial charge is 0.358 e. The van der Waals surface area contributed by atoms with Gasteiger partial charge in [0.05, 0.1) is 0 Å². The first-order valence-electron chi connectivity index (χ1n) is 3.63. The number of allylic oxidation sites excluding steroid dienone is 4. The van der Waals surface area contributed by atoms with Gasteiger partial charge in [0.15, 0.2) is 0 Å². The van der Waals surface area contributed by atoms with Gasteiger partial charge in [-0.25, -0.2) is 12.2 Å². The van der Waals surface area contributed by atoms with E-state index in [1.165, 1.54) is 0 Å². The third kappa shape index (κ3) is 19.2. The van der Waals surface area contributed by atoms with Crippen LogP contribution in [0, 0.1) is 34.4 Å². The molecular formula is C14H22PtSi-5. The maximum atomic E-state index is 2.99. The topological polar surface area (TPSA) is 0 Å². The Balaban J connectivity index is -0.0000000387. The van der Waals surface area contributed by atoms with Crippen LogP contribution in [0.2, 0.25) is 0 Å².